The SMILES string of the molecule is C=C(C)/C(=C\C=C/C)CC1=CC=CC[C@H]1C. The molecule has 0 heteroatoms. The molecule has 0 aliphatic heterocycles. The highest BCUT2D eigenvalue weighted by molar-refractivity contribution is 5.36. The molecule has 0 aromatic rings. The van der Waals surface area contributed by atoms with Crippen LogP contribution in [0.5, 0.6) is 0 Å². The molecule has 16 heavy (non-hydrogen) atoms. The van der Waals surface area contributed by atoms with E-state index in [1.54, 1.807) is 0 Å². The molecule has 0 saturated heterocycles. The van der Waals surface area contributed by atoms with Gasteiger partial charge in [0, 0.05) is 0 Å². The van der Waals surface area contributed by atoms with E-state index in [1.165, 1.54) is 23.1 Å². The minimum Gasteiger partial charge on any atom is -0.0958 e. The van der Waals surface area contributed by atoms with Gasteiger partial charge in [0.1, 0.15) is 0 Å². The van der Waals surface area contributed by atoms with E-state index in [1.807, 2.05) is 6.92 Å². The molecule has 0 saturated carbocycles. The molecule has 0 nitrogen and oxygen atoms in total. The first kappa shape index (κ1) is 12.8. The zero-order valence-electron chi connectivity index (χ0n) is 10.7. The van der Waals surface area contributed by atoms with E-state index in [2.05, 4.69) is 56.9 Å². The first-order valence-corrected chi connectivity index (χ1v) is 5.98. The molecule has 1 rings (SSSR count). The second-order valence-electron chi connectivity index (χ2n) is 4.48. The highest BCUT2D eigenvalue weighted by Crippen LogP contribution is 2.28. The molecule has 0 fully saturated rings. The lowest BCUT2D eigenvalue weighted by molar-refractivity contribution is 0.666. The Morgan fingerprint density at radius 1 is 1.56 bits per heavy atom. The Bertz CT molecular complexity index is 361. The molecule has 0 N–H and O–H groups in total. The zero-order valence-corrected chi connectivity index (χ0v) is 10.7. The van der Waals surface area contributed by atoms with Gasteiger partial charge in [-0.2, -0.15) is 0 Å². The molecule has 0 unspecified atom stereocenters. The summed E-state index contributed by atoms with van der Waals surface area (Å²) in [4.78, 5) is 0. The van der Waals surface area contributed by atoms with Gasteiger partial charge in [0.2, 0.25) is 0 Å². The number of hydrogen-bond acceptors (Lipinski definition) is 0. The van der Waals surface area contributed by atoms with Gasteiger partial charge < -0.3 is 0 Å². The van der Waals surface area contributed by atoms with Crippen LogP contribution in [0.2, 0.25) is 0 Å². The average Bonchev–Trinajstić information content (AvgIpc) is 2.26. The van der Waals surface area contributed by atoms with Crippen molar-refractivity contribution in [3.05, 3.63) is 59.8 Å². The van der Waals surface area contributed by atoms with E-state index in [-0.39, 0.29) is 0 Å². The van der Waals surface area contributed by atoms with Crippen LogP contribution in [-0.4, -0.2) is 0 Å². The molecule has 0 amide bonds. The molecular formula is C16H22. The summed E-state index contributed by atoms with van der Waals surface area (Å²) in [7, 11) is 0. The van der Waals surface area contributed by atoms with Crippen molar-refractivity contribution >= 4 is 0 Å². The minimum absolute atomic E-state index is 0.665. The monoisotopic (exact) mass is 214 g/mol. The third-order valence-corrected chi connectivity index (χ3v) is 3.00. The van der Waals surface area contributed by atoms with Crippen molar-refractivity contribution in [2.75, 3.05) is 0 Å². The normalized spacial score (nSPS) is 21.3. The summed E-state index contributed by atoms with van der Waals surface area (Å²) in [6.07, 6.45) is 15.2. The van der Waals surface area contributed by atoms with Crippen molar-refractivity contribution in [2.45, 2.75) is 33.6 Å². The quantitative estimate of drug-likeness (QED) is 0.579. The van der Waals surface area contributed by atoms with Crippen LogP contribution in [-0.2, 0) is 0 Å². The second kappa shape index (κ2) is 6.32. The highest BCUT2D eigenvalue weighted by Gasteiger charge is 2.11. The predicted molar refractivity (Wildman–Crippen MR) is 73.3 cm³/mol. The van der Waals surface area contributed by atoms with Gasteiger partial charge in [0.15, 0.2) is 0 Å². The maximum absolute atomic E-state index is 4.05. The predicted octanol–water partition coefficient (Wildman–Crippen LogP) is 4.98. The Morgan fingerprint density at radius 3 is 2.88 bits per heavy atom. The smallest absolute Gasteiger partial charge is 0.00588 e. The van der Waals surface area contributed by atoms with Crippen LogP contribution in [0.1, 0.15) is 33.6 Å². The number of rotatable bonds is 4. The van der Waals surface area contributed by atoms with Crippen LogP contribution in [0, 0.1) is 5.92 Å². The summed E-state index contributed by atoms with van der Waals surface area (Å²) in [5.41, 5.74) is 4.02. The van der Waals surface area contributed by atoms with Gasteiger partial charge in [0.05, 0.1) is 0 Å². The van der Waals surface area contributed by atoms with Crippen molar-refractivity contribution in [1.29, 1.82) is 0 Å². The second-order valence-corrected chi connectivity index (χ2v) is 4.48. The summed E-state index contributed by atoms with van der Waals surface area (Å²) >= 11 is 0. The summed E-state index contributed by atoms with van der Waals surface area (Å²) < 4.78 is 0. The highest BCUT2D eigenvalue weighted by atomic mass is 14.2. The molecule has 0 heterocycles. The summed E-state index contributed by atoms with van der Waals surface area (Å²) in [5, 5.41) is 0. The van der Waals surface area contributed by atoms with Crippen LogP contribution in [0.25, 0.3) is 0 Å². The summed E-state index contributed by atoms with van der Waals surface area (Å²) in [6.45, 7) is 10.5. The lowest BCUT2D eigenvalue weighted by atomic mass is 9.87. The number of allylic oxidation sites excluding steroid dienone is 9. The molecule has 1 aliphatic carbocycles. The molecule has 0 radical (unpaired) electrons. The van der Waals surface area contributed by atoms with Gasteiger partial charge in [-0.3, -0.25) is 0 Å². The zero-order chi connectivity index (χ0) is 12.0. The van der Waals surface area contributed by atoms with Gasteiger partial charge in [-0.15, -0.1) is 0 Å². The topological polar surface area (TPSA) is 0 Å². The Balaban J connectivity index is 2.79. The largest absolute Gasteiger partial charge is 0.0958 e. The molecule has 1 aliphatic rings. The van der Waals surface area contributed by atoms with E-state index < -0.39 is 0 Å². The van der Waals surface area contributed by atoms with E-state index in [4.69, 9.17) is 0 Å². The minimum atomic E-state index is 0.665. The van der Waals surface area contributed by atoms with Crippen LogP contribution < -0.4 is 0 Å². The van der Waals surface area contributed by atoms with Crippen molar-refractivity contribution < 1.29 is 0 Å². The van der Waals surface area contributed by atoms with Crippen molar-refractivity contribution in [1.82, 2.24) is 0 Å². The van der Waals surface area contributed by atoms with Crippen LogP contribution >= 0.6 is 0 Å². The van der Waals surface area contributed by atoms with Crippen LogP contribution in [0.15, 0.2) is 59.8 Å². The van der Waals surface area contributed by atoms with Gasteiger partial charge in [-0.1, -0.05) is 61.1 Å². The molecular weight excluding hydrogens is 192 g/mol. The van der Waals surface area contributed by atoms with E-state index in [0.29, 0.717) is 5.92 Å². The van der Waals surface area contributed by atoms with E-state index in [9.17, 15) is 0 Å². The standard InChI is InChI=1S/C16H22/c1-5-6-10-15(13(2)3)12-16-11-8-7-9-14(16)4/h5-8,10-11,14H,2,9,12H2,1,3-4H3/b6-5-,15-10-/t14-/m1/s1. The maximum Gasteiger partial charge on any atom is -0.00588 e. The van der Waals surface area contributed by atoms with Crippen molar-refractivity contribution in [3.63, 3.8) is 0 Å². The summed E-state index contributed by atoms with van der Waals surface area (Å²) in [6, 6.07) is 0. The van der Waals surface area contributed by atoms with Gasteiger partial charge in [-0.05, 0) is 38.2 Å². The molecule has 86 valence electrons. The Morgan fingerprint density at radius 2 is 2.31 bits per heavy atom. The number of hydrogen-bond donors (Lipinski definition) is 0. The lowest BCUT2D eigenvalue weighted by Gasteiger charge is -2.18. The van der Waals surface area contributed by atoms with Gasteiger partial charge >= 0.3 is 0 Å². The Labute approximate surface area is 99.8 Å². The van der Waals surface area contributed by atoms with Gasteiger partial charge in [0.25, 0.3) is 0 Å². The lowest BCUT2D eigenvalue weighted by Crippen LogP contribution is -2.03. The fourth-order valence-electron chi connectivity index (χ4n) is 1.81. The van der Waals surface area contributed by atoms with E-state index in [0.717, 1.165) is 6.42 Å². The van der Waals surface area contributed by atoms with E-state index >= 15 is 0 Å². The first-order chi connectivity index (χ1) is 7.65. The molecule has 0 aromatic carbocycles. The third-order valence-electron chi connectivity index (χ3n) is 3.00. The third kappa shape index (κ3) is 3.69. The van der Waals surface area contributed by atoms with Crippen LogP contribution in [0.4, 0.5) is 0 Å². The fourth-order valence-corrected chi connectivity index (χ4v) is 1.81. The summed E-state index contributed by atoms with van der Waals surface area (Å²) in [5.74, 6) is 0.665. The molecule has 0 spiro atoms. The first-order valence-electron chi connectivity index (χ1n) is 5.98. The average molecular weight is 214 g/mol. The van der Waals surface area contributed by atoms with Crippen molar-refractivity contribution in [3.8, 4) is 0 Å². The van der Waals surface area contributed by atoms with Crippen molar-refractivity contribution in [2.24, 2.45) is 5.92 Å². The molecule has 1 atom stereocenters. The van der Waals surface area contributed by atoms with Gasteiger partial charge in [-0.25, -0.2) is 0 Å². The fraction of sp³-hybridized carbons (Fsp3) is 0.375. The maximum atomic E-state index is 4.05. The Kier molecular flexibility index (Phi) is 5.04. The molecule has 0 bridgehead atoms. The molecule has 0 aromatic heterocycles. The Hall–Kier alpha value is -1.30. The van der Waals surface area contributed by atoms with Crippen LogP contribution in [0.3, 0.4) is 0 Å².